The molecule has 19 heavy (non-hydrogen) atoms. The number of hydrogen-bond donors (Lipinski definition) is 1. The third kappa shape index (κ3) is 4.36. The summed E-state index contributed by atoms with van der Waals surface area (Å²) < 4.78 is 6.14. The van der Waals surface area contributed by atoms with Crippen LogP contribution in [-0.4, -0.2) is 23.7 Å². The van der Waals surface area contributed by atoms with E-state index in [4.69, 9.17) is 16.3 Å². The zero-order chi connectivity index (χ0) is 13.7. The van der Waals surface area contributed by atoms with Gasteiger partial charge in [-0.15, -0.1) is 0 Å². The number of rotatable bonds is 7. The lowest BCUT2D eigenvalue weighted by Gasteiger charge is -2.42. The minimum atomic E-state index is -0.00363. The second-order valence-electron chi connectivity index (χ2n) is 5.83. The van der Waals surface area contributed by atoms with Crippen molar-refractivity contribution in [2.24, 2.45) is 5.92 Å². The van der Waals surface area contributed by atoms with Crippen molar-refractivity contribution in [1.82, 2.24) is 10.3 Å². The summed E-state index contributed by atoms with van der Waals surface area (Å²) in [5.41, 5.74) is -0.00363. The van der Waals surface area contributed by atoms with Crippen LogP contribution in [0.5, 0.6) is 5.75 Å². The minimum Gasteiger partial charge on any atom is -0.486 e. The van der Waals surface area contributed by atoms with Gasteiger partial charge < -0.3 is 10.1 Å². The van der Waals surface area contributed by atoms with Crippen molar-refractivity contribution in [3.63, 3.8) is 0 Å². The first kappa shape index (κ1) is 14.6. The minimum absolute atomic E-state index is 0.00363. The number of nitrogens with one attached hydrogen (secondary N) is 1. The quantitative estimate of drug-likeness (QED) is 0.775. The van der Waals surface area contributed by atoms with Crippen LogP contribution in [-0.2, 0) is 0 Å². The van der Waals surface area contributed by atoms with Gasteiger partial charge in [0.05, 0.1) is 11.2 Å². The van der Waals surface area contributed by atoms with Gasteiger partial charge in [0.25, 0.3) is 0 Å². The fraction of sp³-hybridized carbons (Fsp3) is 0.667. The van der Waals surface area contributed by atoms with E-state index in [2.05, 4.69) is 24.1 Å². The first-order chi connectivity index (χ1) is 9.10. The number of hydrogen-bond acceptors (Lipinski definition) is 3. The summed E-state index contributed by atoms with van der Waals surface area (Å²) in [6.45, 7) is 6.52. The Labute approximate surface area is 120 Å². The van der Waals surface area contributed by atoms with Crippen molar-refractivity contribution in [3.05, 3.63) is 23.5 Å². The molecule has 0 spiro atoms. The van der Waals surface area contributed by atoms with Crippen LogP contribution in [0.2, 0.25) is 5.02 Å². The summed E-state index contributed by atoms with van der Waals surface area (Å²) in [7, 11) is 0. The first-order valence-corrected chi connectivity index (χ1v) is 7.48. The molecule has 1 aliphatic carbocycles. The van der Waals surface area contributed by atoms with Gasteiger partial charge in [-0.25, -0.2) is 0 Å². The molecule has 0 unspecified atom stereocenters. The van der Waals surface area contributed by atoms with E-state index >= 15 is 0 Å². The number of pyridine rings is 1. The number of halogens is 1. The van der Waals surface area contributed by atoms with E-state index in [1.165, 1.54) is 6.42 Å². The number of aromatic nitrogens is 1. The van der Waals surface area contributed by atoms with Gasteiger partial charge in [0.1, 0.15) is 11.4 Å². The molecule has 1 aromatic heterocycles. The maximum atomic E-state index is 6.14. The molecule has 0 amide bonds. The Morgan fingerprint density at radius 1 is 1.42 bits per heavy atom. The standard InChI is InChI=1S/C15H23ClN2O/c1-12(2)9-17-7-6-15(4-3-5-15)19-14-8-13(16)10-18-11-14/h8,10-12,17H,3-7,9H2,1-2H3. The maximum absolute atomic E-state index is 6.14. The molecule has 2 rings (SSSR count). The zero-order valence-electron chi connectivity index (χ0n) is 11.8. The molecule has 0 aliphatic heterocycles. The van der Waals surface area contributed by atoms with Crippen molar-refractivity contribution in [1.29, 1.82) is 0 Å². The van der Waals surface area contributed by atoms with E-state index in [1.807, 2.05) is 6.07 Å². The highest BCUT2D eigenvalue weighted by Crippen LogP contribution is 2.39. The highest BCUT2D eigenvalue weighted by atomic mass is 35.5. The van der Waals surface area contributed by atoms with Gasteiger partial charge in [-0.05, 0) is 44.7 Å². The summed E-state index contributed by atoms with van der Waals surface area (Å²) in [6.07, 6.45) is 7.93. The lowest BCUT2D eigenvalue weighted by atomic mass is 9.77. The topological polar surface area (TPSA) is 34.1 Å². The van der Waals surface area contributed by atoms with Gasteiger partial charge in [-0.1, -0.05) is 25.4 Å². The summed E-state index contributed by atoms with van der Waals surface area (Å²) >= 11 is 5.94. The molecule has 1 heterocycles. The van der Waals surface area contributed by atoms with Crippen molar-refractivity contribution in [2.45, 2.75) is 45.1 Å². The van der Waals surface area contributed by atoms with E-state index in [0.29, 0.717) is 10.9 Å². The molecule has 1 N–H and O–H groups in total. The van der Waals surface area contributed by atoms with Crippen LogP contribution in [0.4, 0.5) is 0 Å². The molecule has 0 radical (unpaired) electrons. The van der Waals surface area contributed by atoms with Crippen molar-refractivity contribution >= 4 is 11.6 Å². The van der Waals surface area contributed by atoms with Crippen molar-refractivity contribution < 1.29 is 4.74 Å². The lowest BCUT2D eigenvalue weighted by Crippen LogP contribution is -2.45. The predicted molar refractivity (Wildman–Crippen MR) is 78.8 cm³/mol. The van der Waals surface area contributed by atoms with Crippen LogP contribution in [0.3, 0.4) is 0 Å². The average Bonchev–Trinajstić information content (AvgIpc) is 2.31. The van der Waals surface area contributed by atoms with Gasteiger partial charge in [-0.2, -0.15) is 0 Å². The molecule has 1 saturated carbocycles. The van der Waals surface area contributed by atoms with Crippen LogP contribution in [0.15, 0.2) is 18.5 Å². The van der Waals surface area contributed by atoms with Gasteiger partial charge in [0.2, 0.25) is 0 Å². The molecule has 1 aliphatic rings. The molecule has 0 saturated heterocycles. The third-order valence-corrected chi connectivity index (χ3v) is 3.80. The first-order valence-electron chi connectivity index (χ1n) is 7.10. The van der Waals surface area contributed by atoms with Gasteiger partial charge in [-0.3, -0.25) is 4.98 Å². The Hall–Kier alpha value is -0.800. The predicted octanol–water partition coefficient (Wildman–Crippen LogP) is 3.67. The molecule has 3 nitrogen and oxygen atoms in total. The summed E-state index contributed by atoms with van der Waals surface area (Å²) in [5.74, 6) is 1.48. The molecule has 0 aromatic carbocycles. The van der Waals surface area contributed by atoms with Gasteiger partial charge in [0.15, 0.2) is 0 Å². The Morgan fingerprint density at radius 2 is 2.21 bits per heavy atom. The smallest absolute Gasteiger partial charge is 0.139 e. The van der Waals surface area contributed by atoms with Crippen molar-refractivity contribution in [3.8, 4) is 5.75 Å². The van der Waals surface area contributed by atoms with E-state index in [0.717, 1.165) is 38.1 Å². The van der Waals surface area contributed by atoms with E-state index < -0.39 is 0 Å². The van der Waals surface area contributed by atoms with Crippen LogP contribution < -0.4 is 10.1 Å². The molecule has 4 heteroatoms. The van der Waals surface area contributed by atoms with Crippen molar-refractivity contribution in [2.75, 3.05) is 13.1 Å². The summed E-state index contributed by atoms with van der Waals surface area (Å²) in [6, 6.07) is 1.84. The highest BCUT2D eigenvalue weighted by Gasteiger charge is 2.38. The number of ether oxygens (including phenoxy) is 1. The fourth-order valence-corrected chi connectivity index (χ4v) is 2.54. The molecular formula is C15H23ClN2O. The second-order valence-corrected chi connectivity index (χ2v) is 6.26. The summed E-state index contributed by atoms with van der Waals surface area (Å²) in [5, 5.41) is 4.11. The maximum Gasteiger partial charge on any atom is 0.139 e. The van der Waals surface area contributed by atoms with Crippen LogP contribution in [0.25, 0.3) is 0 Å². The molecule has 106 valence electrons. The fourth-order valence-electron chi connectivity index (χ4n) is 2.38. The van der Waals surface area contributed by atoms with Gasteiger partial charge in [0, 0.05) is 12.3 Å². The third-order valence-electron chi connectivity index (χ3n) is 3.59. The van der Waals surface area contributed by atoms with Gasteiger partial charge >= 0.3 is 0 Å². The zero-order valence-corrected chi connectivity index (χ0v) is 12.5. The lowest BCUT2D eigenvalue weighted by molar-refractivity contribution is -0.0145. The molecular weight excluding hydrogens is 260 g/mol. The van der Waals surface area contributed by atoms with Crippen LogP contribution >= 0.6 is 11.6 Å². The van der Waals surface area contributed by atoms with E-state index in [1.54, 1.807) is 12.4 Å². The average molecular weight is 283 g/mol. The Kier molecular flexibility index (Phi) is 5.06. The molecule has 1 fully saturated rings. The molecule has 0 bridgehead atoms. The molecule has 1 aromatic rings. The Morgan fingerprint density at radius 3 is 2.79 bits per heavy atom. The van der Waals surface area contributed by atoms with E-state index in [9.17, 15) is 0 Å². The monoisotopic (exact) mass is 282 g/mol. The largest absolute Gasteiger partial charge is 0.486 e. The number of nitrogens with zero attached hydrogens (tertiary/aromatic N) is 1. The Bertz CT molecular complexity index is 405. The van der Waals surface area contributed by atoms with E-state index in [-0.39, 0.29) is 5.60 Å². The summed E-state index contributed by atoms with van der Waals surface area (Å²) in [4.78, 5) is 4.07. The van der Waals surface area contributed by atoms with Crippen LogP contribution in [0.1, 0.15) is 39.5 Å². The highest BCUT2D eigenvalue weighted by molar-refractivity contribution is 6.30. The SMILES string of the molecule is CC(C)CNCCC1(Oc2cncc(Cl)c2)CCC1. The Balaban J connectivity index is 1.84. The normalized spacial score (nSPS) is 17.3. The molecule has 0 atom stereocenters. The second kappa shape index (κ2) is 6.58. The van der Waals surface area contributed by atoms with Crippen LogP contribution in [0, 0.1) is 5.92 Å².